The fourth-order valence-corrected chi connectivity index (χ4v) is 9.32. The summed E-state index contributed by atoms with van der Waals surface area (Å²) in [6.07, 6.45) is 0. The lowest BCUT2D eigenvalue weighted by Crippen LogP contribution is -2.00. The van der Waals surface area contributed by atoms with E-state index < -0.39 is 0 Å². The maximum atomic E-state index is 5.21. The summed E-state index contributed by atoms with van der Waals surface area (Å²) >= 11 is 1.79. The molecule has 0 aliphatic rings. The minimum Gasteiger partial charge on any atom is -0.208 e. The Balaban J connectivity index is 1.11. The minimum absolute atomic E-state index is 0.650. The second-order valence-corrected chi connectivity index (χ2v) is 14.6. The van der Waals surface area contributed by atoms with Gasteiger partial charge in [-0.3, -0.25) is 0 Å². The molecule has 0 radical (unpaired) electrons. The summed E-state index contributed by atoms with van der Waals surface area (Å²) in [4.78, 5) is 15.4. The lowest BCUT2D eigenvalue weighted by molar-refractivity contribution is 1.08. The van der Waals surface area contributed by atoms with Gasteiger partial charge >= 0.3 is 0 Å². The maximum Gasteiger partial charge on any atom is 0.165 e. The van der Waals surface area contributed by atoms with Gasteiger partial charge < -0.3 is 0 Å². The topological polar surface area (TPSA) is 38.7 Å². The van der Waals surface area contributed by atoms with Crippen molar-refractivity contribution in [1.82, 2.24) is 15.0 Å². The van der Waals surface area contributed by atoms with Crippen LogP contribution < -0.4 is 0 Å². The van der Waals surface area contributed by atoms with Crippen LogP contribution in [0.5, 0.6) is 0 Å². The fraction of sp³-hybridized carbons (Fsp3) is 0. The number of nitrogens with zero attached hydrogens (tertiary/aromatic N) is 3. The Labute approximate surface area is 309 Å². The molecule has 0 saturated heterocycles. The molecule has 0 aliphatic carbocycles. The Kier molecular flexibility index (Phi) is 6.73. The molecule has 2 heterocycles. The van der Waals surface area contributed by atoms with E-state index in [2.05, 4.69) is 158 Å². The number of fused-ring (bicyclic) bond motifs is 11. The molecule has 0 fully saturated rings. The van der Waals surface area contributed by atoms with Crippen molar-refractivity contribution >= 4 is 74.6 Å². The molecule has 0 N–H and O–H groups in total. The van der Waals surface area contributed by atoms with Crippen LogP contribution in [0, 0.1) is 0 Å². The first-order chi connectivity index (χ1) is 26.3. The Morgan fingerprint density at radius 3 is 1.58 bits per heavy atom. The number of hydrogen-bond acceptors (Lipinski definition) is 4. The third-order valence-electron chi connectivity index (χ3n) is 10.5. The average Bonchev–Trinajstić information content (AvgIpc) is 3.62. The molecule has 11 aromatic rings. The lowest BCUT2D eigenvalue weighted by Gasteiger charge is -2.15. The summed E-state index contributed by atoms with van der Waals surface area (Å²) in [6.45, 7) is 0. The van der Waals surface area contributed by atoms with Crippen molar-refractivity contribution in [2.75, 3.05) is 0 Å². The van der Waals surface area contributed by atoms with Crippen LogP contribution in [0.4, 0.5) is 0 Å². The van der Waals surface area contributed by atoms with E-state index in [9.17, 15) is 0 Å². The predicted octanol–water partition coefficient (Wildman–Crippen LogP) is 13.5. The van der Waals surface area contributed by atoms with E-state index in [0.717, 1.165) is 22.3 Å². The average molecular weight is 692 g/mol. The second kappa shape index (κ2) is 11.9. The van der Waals surface area contributed by atoms with Gasteiger partial charge in [0.25, 0.3) is 0 Å². The van der Waals surface area contributed by atoms with Gasteiger partial charge in [0.15, 0.2) is 17.5 Å². The highest BCUT2D eigenvalue weighted by atomic mass is 32.1. The Morgan fingerprint density at radius 2 is 0.792 bits per heavy atom. The molecule has 0 bridgehead atoms. The van der Waals surface area contributed by atoms with Crippen LogP contribution in [0.1, 0.15) is 0 Å². The van der Waals surface area contributed by atoms with Gasteiger partial charge in [-0.05, 0) is 72.4 Å². The third-order valence-corrected chi connectivity index (χ3v) is 11.7. The van der Waals surface area contributed by atoms with Gasteiger partial charge in [0, 0.05) is 36.9 Å². The summed E-state index contributed by atoms with van der Waals surface area (Å²) in [5.41, 5.74) is 5.21. The van der Waals surface area contributed by atoms with E-state index >= 15 is 0 Å². The van der Waals surface area contributed by atoms with Gasteiger partial charge in [-0.1, -0.05) is 158 Å². The highest BCUT2D eigenvalue weighted by Crippen LogP contribution is 2.42. The number of aromatic nitrogens is 3. The number of benzene rings is 9. The molecule has 0 saturated carbocycles. The van der Waals surface area contributed by atoms with Gasteiger partial charge in [-0.2, -0.15) is 0 Å². The van der Waals surface area contributed by atoms with Crippen LogP contribution in [-0.4, -0.2) is 15.0 Å². The van der Waals surface area contributed by atoms with Crippen molar-refractivity contribution in [3.63, 3.8) is 0 Å². The Morgan fingerprint density at radius 1 is 0.302 bits per heavy atom. The van der Waals surface area contributed by atoms with Gasteiger partial charge in [-0.25, -0.2) is 15.0 Å². The summed E-state index contributed by atoms with van der Waals surface area (Å²) in [5, 5.41) is 12.6. The largest absolute Gasteiger partial charge is 0.208 e. The lowest BCUT2D eigenvalue weighted by atomic mass is 9.89. The molecule has 246 valence electrons. The molecule has 4 heteroatoms. The zero-order chi connectivity index (χ0) is 34.9. The SMILES string of the molecule is c1ccc(-c2nc(-c3cccc(-c4cccc5c4ccc4c6ccccc6c6ccccc6c54)c3)nc(-c3cccc4c3sc3ccccc34)n2)cc1. The van der Waals surface area contributed by atoms with E-state index in [4.69, 9.17) is 15.0 Å². The number of thiophene rings is 1. The highest BCUT2D eigenvalue weighted by molar-refractivity contribution is 7.26. The molecule has 0 amide bonds. The molecule has 0 aliphatic heterocycles. The highest BCUT2D eigenvalue weighted by Gasteiger charge is 2.18. The van der Waals surface area contributed by atoms with E-state index in [-0.39, 0.29) is 0 Å². The van der Waals surface area contributed by atoms with Gasteiger partial charge in [-0.15, -0.1) is 11.3 Å². The first kappa shape index (κ1) is 29.9. The third kappa shape index (κ3) is 4.77. The fourth-order valence-electron chi connectivity index (χ4n) is 8.10. The molecule has 0 spiro atoms. The van der Waals surface area contributed by atoms with E-state index in [1.807, 2.05) is 18.2 Å². The molecule has 53 heavy (non-hydrogen) atoms. The molecule has 11 rings (SSSR count). The Hall–Kier alpha value is -6.75. The molecular weight excluding hydrogens is 663 g/mol. The van der Waals surface area contributed by atoms with Crippen molar-refractivity contribution in [1.29, 1.82) is 0 Å². The minimum atomic E-state index is 0.650. The molecule has 9 aromatic carbocycles. The summed E-state index contributed by atoms with van der Waals surface area (Å²) in [6, 6.07) is 62.7. The normalized spacial score (nSPS) is 11.8. The first-order valence-corrected chi connectivity index (χ1v) is 18.7. The first-order valence-electron chi connectivity index (χ1n) is 17.9. The van der Waals surface area contributed by atoms with Crippen LogP contribution >= 0.6 is 11.3 Å². The van der Waals surface area contributed by atoms with Gasteiger partial charge in [0.05, 0.1) is 0 Å². The van der Waals surface area contributed by atoms with Crippen LogP contribution in [0.25, 0.3) is 109 Å². The summed E-state index contributed by atoms with van der Waals surface area (Å²) in [5.74, 6) is 1.98. The van der Waals surface area contributed by atoms with Crippen LogP contribution in [0.15, 0.2) is 176 Å². The van der Waals surface area contributed by atoms with Crippen molar-refractivity contribution in [2.45, 2.75) is 0 Å². The van der Waals surface area contributed by atoms with Gasteiger partial charge in [0.1, 0.15) is 0 Å². The van der Waals surface area contributed by atoms with Crippen molar-refractivity contribution < 1.29 is 0 Å². The number of hydrogen-bond donors (Lipinski definition) is 0. The van der Waals surface area contributed by atoms with Crippen LogP contribution in [0.2, 0.25) is 0 Å². The number of rotatable bonds is 4. The molecule has 3 nitrogen and oxygen atoms in total. The van der Waals surface area contributed by atoms with E-state index in [1.165, 1.54) is 68.8 Å². The zero-order valence-electron chi connectivity index (χ0n) is 28.5. The standard InChI is InChI=1S/C49H29N3S/c1-2-13-30(14-3-1)47-50-48(52-49(51-47)43-25-12-24-42-38-20-8-9-26-44(38)53-46(42)43)32-16-10-15-31(29-32)33-22-11-23-40-37(33)27-28-41-36-19-5-4-17-34(36)35-18-6-7-21-39(35)45(40)41/h1-29H. The van der Waals surface area contributed by atoms with E-state index in [0.29, 0.717) is 17.5 Å². The smallest absolute Gasteiger partial charge is 0.165 e. The molecule has 2 aromatic heterocycles. The second-order valence-electron chi connectivity index (χ2n) is 13.5. The van der Waals surface area contributed by atoms with Crippen molar-refractivity contribution in [3.8, 4) is 45.3 Å². The predicted molar refractivity (Wildman–Crippen MR) is 224 cm³/mol. The monoisotopic (exact) mass is 691 g/mol. The van der Waals surface area contributed by atoms with Crippen LogP contribution in [-0.2, 0) is 0 Å². The van der Waals surface area contributed by atoms with Gasteiger partial charge in [0.2, 0.25) is 0 Å². The van der Waals surface area contributed by atoms with E-state index in [1.54, 1.807) is 11.3 Å². The van der Waals surface area contributed by atoms with Crippen molar-refractivity contribution in [3.05, 3.63) is 176 Å². The molecule has 0 atom stereocenters. The Bertz CT molecular complexity index is 3200. The van der Waals surface area contributed by atoms with Crippen LogP contribution in [0.3, 0.4) is 0 Å². The summed E-state index contributed by atoms with van der Waals surface area (Å²) < 4.78 is 2.44. The quantitative estimate of drug-likeness (QED) is 0.172. The molecule has 0 unspecified atom stereocenters. The van der Waals surface area contributed by atoms with Crippen molar-refractivity contribution in [2.24, 2.45) is 0 Å². The zero-order valence-corrected chi connectivity index (χ0v) is 29.3. The molecular formula is C49H29N3S. The summed E-state index contributed by atoms with van der Waals surface area (Å²) in [7, 11) is 0. The maximum absolute atomic E-state index is 5.21.